The lowest BCUT2D eigenvalue weighted by atomic mass is 10.0. The Morgan fingerprint density at radius 2 is 1.62 bits per heavy atom. The Kier molecular flexibility index (Phi) is 12.0. The van der Waals surface area contributed by atoms with Crippen molar-refractivity contribution in [1.82, 2.24) is 10.2 Å². The highest BCUT2D eigenvalue weighted by molar-refractivity contribution is 6.42. The summed E-state index contributed by atoms with van der Waals surface area (Å²) in [5, 5.41) is 3.91. The van der Waals surface area contributed by atoms with Gasteiger partial charge >= 0.3 is 0 Å². The zero-order chi connectivity index (χ0) is 28.2. The molecule has 0 aliphatic carbocycles. The highest BCUT2D eigenvalue weighted by Crippen LogP contribution is 2.25. The number of nitrogens with zero attached hydrogens (tertiary/aromatic N) is 1. The number of amides is 2. The molecule has 208 valence electrons. The Balaban J connectivity index is 1.80. The number of hydrogen-bond acceptors (Lipinski definition) is 4. The summed E-state index contributed by atoms with van der Waals surface area (Å²) in [6.07, 6.45) is 1.89. The zero-order valence-electron chi connectivity index (χ0n) is 22.7. The molecule has 6 nitrogen and oxygen atoms in total. The van der Waals surface area contributed by atoms with E-state index in [9.17, 15) is 9.59 Å². The number of nitrogens with one attached hydrogen (secondary N) is 1. The molecule has 0 unspecified atom stereocenters. The summed E-state index contributed by atoms with van der Waals surface area (Å²) < 4.78 is 11.0. The monoisotopic (exact) mass is 570 g/mol. The smallest absolute Gasteiger partial charge is 0.243 e. The summed E-state index contributed by atoms with van der Waals surface area (Å²) in [4.78, 5) is 28.9. The van der Waals surface area contributed by atoms with Crippen LogP contribution in [0, 0.1) is 0 Å². The van der Waals surface area contributed by atoms with Gasteiger partial charge < -0.3 is 19.7 Å². The Labute approximate surface area is 241 Å². The summed E-state index contributed by atoms with van der Waals surface area (Å²) in [5.41, 5.74) is 1.76. The average Bonchev–Trinajstić information content (AvgIpc) is 2.95. The number of hydrogen-bond donors (Lipinski definition) is 1. The zero-order valence-corrected chi connectivity index (χ0v) is 24.2. The Hall–Kier alpha value is -3.22. The van der Waals surface area contributed by atoms with Crippen molar-refractivity contribution in [3.63, 3.8) is 0 Å². The topological polar surface area (TPSA) is 67.9 Å². The third-order valence-corrected chi connectivity index (χ3v) is 7.21. The number of halogens is 2. The first kappa shape index (κ1) is 30.3. The molecule has 3 rings (SSSR count). The van der Waals surface area contributed by atoms with Crippen molar-refractivity contribution in [2.45, 2.75) is 58.2 Å². The van der Waals surface area contributed by atoms with Gasteiger partial charge in [-0.25, -0.2) is 0 Å². The summed E-state index contributed by atoms with van der Waals surface area (Å²) >= 11 is 12.4. The van der Waals surface area contributed by atoms with E-state index in [-0.39, 0.29) is 30.8 Å². The van der Waals surface area contributed by atoms with Crippen molar-refractivity contribution in [1.29, 1.82) is 0 Å². The molecule has 0 aromatic heterocycles. The fraction of sp³-hybridized carbons (Fsp3) is 0.355. The molecule has 8 heteroatoms. The van der Waals surface area contributed by atoms with E-state index < -0.39 is 6.04 Å². The van der Waals surface area contributed by atoms with Gasteiger partial charge in [-0.15, -0.1) is 0 Å². The van der Waals surface area contributed by atoms with Crippen molar-refractivity contribution in [3.05, 3.63) is 94.0 Å². The lowest BCUT2D eigenvalue weighted by molar-refractivity contribution is -0.141. The molecule has 0 aliphatic heterocycles. The molecule has 0 radical (unpaired) electrons. The van der Waals surface area contributed by atoms with Gasteiger partial charge in [0.2, 0.25) is 11.8 Å². The maximum atomic E-state index is 13.7. The van der Waals surface area contributed by atoms with E-state index in [0.717, 1.165) is 23.3 Å². The van der Waals surface area contributed by atoms with Crippen molar-refractivity contribution >= 4 is 35.0 Å². The van der Waals surface area contributed by atoms with Gasteiger partial charge in [-0.2, -0.15) is 0 Å². The molecule has 2 amide bonds. The van der Waals surface area contributed by atoms with Gasteiger partial charge in [0, 0.05) is 25.4 Å². The van der Waals surface area contributed by atoms with E-state index >= 15 is 0 Å². The minimum atomic E-state index is -0.703. The lowest BCUT2D eigenvalue weighted by Gasteiger charge is -2.32. The first-order chi connectivity index (χ1) is 18.8. The van der Waals surface area contributed by atoms with E-state index in [1.165, 1.54) is 0 Å². The Morgan fingerprint density at radius 1 is 0.923 bits per heavy atom. The van der Waals surface area contributed by atoms with E-state index in [1.54, 1.807) is 24.1 Å². The molecule has 1 N–H and O–H groups in total. The second-order valence-electron chi connectivity index (χ2n) is 9.42. The van der Waals surface area contributed by atoms with Crippen LogP contribution in [-0.4, -0.2) is 42.5 Å². The predicted molar refractivity (Wildman–Crippen MR) is 157 cm³/mol. The van der Waals surface area contributed by atoms with E-state index in [1.807, 2.05) is 74.5 Å². The minimum Gasteiger partial charge on any atom is -0.497 e. The lowest BCUT2D eigenvalue weighted by Crippen LogP contribution is -2.52. The molecule has 3 aromatic carbocycles. The summed E-state index contributed by atoms with van der Waals surface area (Å²) in [7, 11) is 1.61. The molecule has 0 saturated heterocycles. The van der Waals surface area contributed by atoms with E-state index in [2.05, 4.69) is 5.32 Å². The molecule has 0 saturated carbocycles. The van der Waals surface area contributed by atoms with Gasteiger partial charge in [-0.1, -0.05) is 66.5 Å². The molecule has 0 bridgehead atoms. The SMILES string of the molecule is CC[C@H](C)NC(=O)[C@H](Cc1ccccc1)N(Cc1ccc(Cl)c(Cl)c1)C(=O)CCCOc1ccc(OC)cc1. The highest BCUT2D eigenvalue weighted by Gasteiger charge is 2.30. The Bertz CT molecular complexity index is 1200. The number of carbonyl (C=O) groups excluding carboxylic acids is 2. The first-order valence-electron chi connectivity index (χ1n) is 13.1. The number of methoxy groups -OCH3 is 1. The molecule has 3 aromatic rings. The minimum absolute atomic E-state index is 0.0180. The van der Waals surface area contributed by atoms with Gasteiger partial charge in [0.1, 0.15) is 17.5 Å². The fourth-order valence-electron chi connectivity index (χ4n) is 4.06. The maximum absolute atomic E-state index is 13.7. The van der Waals surface area contributed by atoms with Crippen LogP contribution in [0.1, 0.15) is 44.2 Å². The van der Waals surface area contributed by atoms with Crippen molar-refractivity contribution in [3.8, 4) is 11.5 Å². The number of rotatable bonds is 14. The molecule has 0 aliphatic rings. The second kappa shape index (κ2) is 15.4. The molecule has 0 spiro atoms. The van der Waals surface area contributed by atoms with Crippen LogP contribution in [0.2, 0.25) is 10.0 Å². The first-order valence-corrected chi connectivity index (χ1v) is 13.9. The molecular formula is C31H36Cl2N2O4. The maximum Gasteiger partial charge on any atom is 0.243 e. The van der Waals surface area contributed by atoms with Crippen LogP contribution in [0.25, 0.3) is 0 Å². The van der Waals surface area contributed by atoms with Crippen LogP contribution < -0.4 is 14.8 Å². The standard InChI is InChI=1S/C31H36Cl2N2O4/c1-4-22(2)34-31(37)29(20-23-9-6-5-7-10-23)35(21-24-12-17-27(32)28(33)19-24)30(36)11-8-18-39-26-15-13-25(38-3)14-16-26/h5-7,9-10,12-17,19,22,29H,4,8,11,18,20-21H2,1-3H3,(H,34,37)/t22-,29-/m0/s1. The molecular weight excluding hydrogens is 535 g/mol. The van der Waals surface area contributed by atoms with Gasteiger partial charge in [-0.05, 0) is 67.3 Å². The van der Waals surface area contributed by atoms with Crippen LogP contribution in [0.3, 0.4) is 0 Å². The van der Waals surface area contributed by atoms with Crippen LogP contribution in [0.5, 0.6) is 11.5 Å². The number of ether oxygens (including phenoxy) is 2. The number of carbonyl (C=O) groups is 2. The molecule has 2 atom stereocenters. The van der Waals surface area contributed by atoms with Crippen molar-refractivity contribution in [2.24, 2.45) is 0 Å². The van der Waals surface area contributed by atoms with Gasteiger partial charge in [-0.3, -0.25) is 9.59 Å². The normalized spacial score (nSPS) is 12.3. The summed E-state index contributed by atoms with van der Waals surface area (Å²) in [6, 6.07) is 21.6. The molecule has 39 heavy (non-hydrogen) atoms. The van der Waals surface area contributed by atoms with Gasteiger partial charge in [0.05, 0.1) is 23.8 Å². The summed E-state index contributed by atoms with van der Waals surface area (Å²) in [6.45, 7) is 4.55. The van der Waals surface area contributed by atoms with Crippen LogP contribution in [0.4, 0.5) is 0 Å². The predicted octanol–water partition coefficient (Wildman–Crippen LogP) is 6.72. The molecule has 0 fully saturated rings. The van der Waals surface area contributed by atoms with Gasteiger partial charge in [0.25, 0.3) is 0 Å². The highest BCUT2D eigenvalue weighted by atomic mass is 35.5. The average molecular weight is 572 g/mol. The number of benzene rings is 3. The van der Waals surface area contributed by atoms with Crippen molar-refractivity contribution in [2.75, 3.05) is 13.7 Å². The quantitative estimate of drug-likeness (QED) is 0.218. The van der Waals surface area contributed by atoms with Crippen LogP contribution in [-0.2, 0) is 22.6 Å². The van der Waals surface area contributed by atoms with Crippen LogP contribution >= 0.6 is 23.2 Å². The fourth-order valence-corrected chi connectivity index (χ4v) is 4.38. The van der Waals surface area contributed by atoms with Crippen molar-refractivity contribution < 1.29 is 19.1 Å². The van der Waals surface area contributed by atoms with E-state index in [4.69, 9.17) is 32.7 Å². The van der Waals surface area contributed by atoms with E-state index in [0.29, 0.717) is 35.2 Å². The Morgan fingerprint density at radius 3 is 2.26 bits per heavy atom. The third kappa shape index (κ3) is 9.48. The summed E-state index contributed by atoms with van der Waals surface area (Å²) in [5.74, 6) is 1.12. The largest absolute Gasteiger partial charge is 0.497 e. The van der Waals surface area contributed by atoms with Crippen LogP contribution in [0.15, 0.2) is 72.8 Å². The van der Waals surface area contributed by atoms with Gasteiger partial charge in [0.15, 0.2) is 0 Å². The third-order valence-electron chi connectivity index (χ3n) is 6.47. The molecule has 0 heterocycles. The second-order valence-corrected chi connectivity index (χ2v) is 10.2.